The lowest BCUT2D eigenvalue weighted by molar-refractivity contribution is -0.126. The van der Waals surface area contributed by atoms with Gasteiger partial charge in [-0.3, -0.25) is 14.6 Å². The average molecular weight is 443 g/mol. The fourth-order valence-corrected chi connectivity index (χ4v) is 5.65. The van der Waals surface area contributed by atoms with Gasteiger partial charge in [-0.2, -0.15) is 4.31 Å². The normalized spacial score (nSPS) is 19.7. The number of sulfonamides is 1. The average Bonchev–Trinajstić information content (AvgIpc) is 2.98. The first kappa shape index (κ1) is 21.5. The van der Waals surface area contributed by atoms with Crippen molar-refractivity contribution in [3.8, 4) is 0 Å². The lowest BCUT2D eigenvalue weighted by Gasteiger charge is -2.31. The van der Waals surface area contributed by atoms with Gasteiger partial charge in [0.1, 0.15) is 0 Å². The fourth-order valence-electron chi connectivity index (χ4n) is 4.07. The molecule has 0 radical (unpaired) electrons. The van der Waals surface area contributed by atoms with Crippen LogP contribution in [0.4, 0.5) is 5.69 Å². The van der Waals surface area contributed by atoms with Crippen LogP contribution in [0, 0.1) is 5.92 Å². The van der Waals surface area contributed by atoms with E-state index in [1.807, 2.05) is 12.1 Å². The number of rotatable bonds is 5. The van der Waals surface area contributed by atoms with Crippen molar-refractivity contribution in [2.45, 2.75) is 43.5 Å². The first-order chi connectivity index (χ1) is 14.9. The summed E-state index contributed by atoms with van der Waals surface area (Å²) in [4.78, 5) is 28.6. The van der Waals surface area contributed by atoms with Crippen LogP contribution in [0.25, 0.3) is 0 Å². The van der Waals surface area contributed by atoms with E-state index in [-0.39, 0.29) is 29.2 Å². The maximum atomic E-state index is 13.3. The van der Waals surface area contributed by atoms with E-state index >= 15 is 0 Å². The van der Waals surface area contributed by atoms with E-state index in [1.165, 1.54) is 10.4 Å². The Bertz CT molecular complexity index is 1070. The van der Waals surface area contributed by atoms with Crippen LogP contribution in [-0.2, 0) is 32.6 Å². The maximum absolute atomic E-state index is 13.3. The number of nitrogens with zero attached hydrogens (tertiary/aromatic N) is 2. The van der Waals surface area contributed by atoms with E-state index in [1.54, 1.807) is 24.5 Å². The number of aromatic nitrogens is 1. The summed E-state index contributed by atoms with van der Waals surface area (Å²) in [5.41, 5.74) is 2.40. The quantitative estimate of drug-likeness (QED) is 0.737. The molecule has 1 atom stereocenters. The highest BCUT2D eigenvalue weighted by molar-refractivity contribution is 7.89. The summed E-state index contributed by atoms with van der Waals surface area (Å²) in [7, 11) is -3.72. The molecule has 0 aliphatic carbocycles. The zero-order chi connectivity index (χ0) is 21.8. The summed E-state index contributed by atoms with van der Waals surface area (Å²) >= 11 is 0. The number of carbonyl (C=O) groups is 2. The molecule has 3 heterocycles. The second-order valence-corrected chi connectivity index (χ2v) is 9.94. The molecule has 1 saturated heterocycles. The number of fused-ring (bicyclic) bond motifs is 1. The van der Waals surface area contributed by atoms with Crippen molar-refractivity contribution in [3.05, 3.63) is 53.9 Å². The Morgan fingerprint density at radius 3 is 2.90 bits per heavy atom. The van der Waals surface area contributed by atoms with E-state index in [0.29, 0.717) is 50.9 Å². The molecule has 8 nitrogen and oxygen atoms in total. The molecule has 0 saturated carbocycles. The van der Waals surface area contributed by atoms with Crippen molar-refractivity contribution in [1.82, 2.24) is 14.6 Å². The second kappa shape index (κ2) is 9.15. The van der Waals surface area contributed by atoms with Crippen LogP contribution in [0.2, 0.25) is 0 Å². The summed E-state index contributed by atoms with van der Waals surface area (Å²) in [6.45, 7) is 0.921. The molecular formula is C22H26N4O4S. The Morgan fingerprint density at radius 2 is 2.10 bits per heavy atom. The monoisotopic (exact) mass is 442 g/mol. The maximum Gasteiger partial charge on any atom is 0.243 e. The number of aryl methyl sites for hydroxylation is 1. The molecule has 0 spiro atoms. The van der Waals surface area contributed by atoms with Crippen molar-refractivity contribution in [3.63, 3.8) is 0 Å². The summed E-state index contributed by atoms with van der Waals surface area (Å²) < 4.78 is 27.9. The topological polar surface area (TPSA) is 108 Å². The van der Waals surface area contributed by atoms with Crippen LogP contribution in [-0.4, -0.2) is 42.6 Å². The number of hydrogen-bond acceptors (Lipinski definition) is 5. The SMILES string of the molecule is O=C1CCCc2cc(S(=O)(=O)N3CCC[C@@H](C(=O)NCc4cccnc4)C3)ccc2N1. The zero-order valence-corrected chi connectivity index (χ0v) is 18.0. The molecule has 0 unspecified atom stereocenters. The standard InChI is InChI=1S/C22H26N4O4S/c27-21-7-1-5-17-12-19(8-9-20(17)25-21)31(29,30)26-11-3-6-18(15-26)22(28)24-14-16-4-2-10-23-13-16/h2,4,8-10,12-13,18H,1,3,5-7,11,14-15H2,(H,24,28)(H,25,27)/t18-/m1/s1. The third-order valence-electron chi connectivity index (χ3n) is 5.78. The van der Waals surface area contributed by atoms with Gasteiger partial charge < -0.3 is 10.6 Å². The molecule has 1 fully saturated rings. The minimum Gasteiger partial charge on any atom is -0.352 e. The van der Waals surface area contributed by atoms with Gasteiger partial charge in [0.15, 0.2) is 0 Å². The van der Waals surface area contributed by atoms with Crippen LogP contribution in [0.15, 0.2) is 47.6 Å². The minimum absolute atomic E-state index is 0.0504. The number of anilines is 1. The van der Waals surface area contributed by atoms with Crippen molar-refractivity contribution >= 4 is 27.5 Å². The lowest BCUT2D eigenvalue weighted by Crippen LogP contribution is -2.45. The number of pyridine rings is 1. The van der Waals surface area contributed by atoms with Crippen molar-refractivity contribution < 1.29 is 18.0 Å². The van der Waals surface area contributed by atoms with Gasteiger partial charge in [0, 0.05) is 44.1 Å². The summed E-state index contributed by atoms with van der Waals surface area (Å²) in [5, 5.41) is 5.72. The lowest BCUT2D eigenvalue weighted by atomic mass is 9.99. The summed E-state index contributed by atoms with van der Waals surface area (Å²) in [5.74, 6) is -0.584. The van der Waals surface area contributed by atoms with Crippen molar-refractivity contribution in [1.29, 1.82) is 0 Å². The molecule has 4 rings (SSSR count). The van der Waals surface area contributed by atoms with Gasteiger partial charge in [0.05, 0.1) is 10.8 Å². The predicted octanol–water partition coefficient (Wildman–Crippen LogP) is 2.07. The molecule has 2 aliphatic heterocycles. The summed E-state index contributed by atoms with van der Waals surface area (Å²) in [6.07, 6.45) is 6.41. The molecule has 2 aromatic rings. The van der Waals surface area contributed by atoms with Gasteiger partial charge in [-0.25, -0.2) is 8.42 Å². The molecule has 1 aromatic heterocycles. The number of hydrogen-bond donors (Lipinski definition) is 2. The van der Waals surface area contributed by atoms with E-state index in [9.17, 15) is 18.0 Å². The van der Waals surface area contributed by atoms with E-state index in [2.05, 4.69) is 15.6 Å². The number of amides is 2. The van der Waals surface area contributed by atoms with Crippen LogP contribution in [0.5, 0.6) is 0 Å². The Labute approximate surface area is 182 Å². The first-order valence-electron chi connectivity index (χ1n) is 10.5. The predicted molar refractivity (Wildman–Crippen MR) is 116 cm³/mol. The molecule has 9 heteroatoms. The Hall–Kier alpha value is -2.78. The Morgan fingerprint density at radius 1 is 1.23 bits per heavy atom. The summed E-state index contributed by atoms with van der Waals surface area (Å²) in [6, 6.07) is 8.54. The fraction of sp³-hybridized carbons (Fsp3) is 0.409. The third kappa shape index (κ3) is 4.94. The number of benzene rings is 1. The molecule has 2 N–H and O–H groups in total. The number of piperidine rings is 1. The van der Waals surface area contributed by atoms with E-state index in [4.69, 9.17) is 0 Å². The minimum atomic E-state index is -3.72. The molecular weight excluding hydrogens is 416 g/mol. The Kier molecular flexibility index (Phi) is 6.33. The molecule has 1 aromatic carbocycles. The van der Waals surface area contributed by atoms with Crippen LogP contribution < -0.4 is 10.6 Å². The number of nitrogens with one attached hydrogen (secondary N) is 2. The van der Waals surface area contributed by atoms with Crippen LogP contribution in [0.3, 0.4) is 0 Å². The van der Waals surface area contributed by atoms with Gasteiger partial charge in [0.25, 0.3) is 0 Å². The van der Waals surface area contributed by atoms with Crippen molar-refractivity contribution in [2.24, 2.45) is 5.92 Å². The molecule has 164 valence electrons. The van der Waals surface area contributed by atoms with Gasteiger partial charge in [-0.05, 0) is 61.1 Å². The largest absolute Gasteiger partial charge is 0.352 e. The van der Waals surface area contributed by atoms with E-state index < -0.39 is 10.0 Å². The second-order valence-electron chi connectivity index (χ2n) is 8.00. The van der Waals surface area contributed by atoms with E-state index in [0.717, 1.165) is 11.1 Å². The first-order valence-corrected chi connectivity index (χ1v) is 12.0. The van der Waals surface area contributed by atoms with Crippen molar-refractivity contribution in [2.75, 3.05) is 18.4 Å². The van der Waals surface area contributed by atoms with Crippen LogP contribution >= 0.6 is 0 Å². The third-order valence-corrected chi connectivity index (χ3v) is 7.64. The van der Waals surface area contributed by atoms with Gasteiger partial charge >= 0.3 is 0 Å². The molecule has 31 heavy (non-hydrogen) atoms. The Balaban J connectivity index is 1.45. The van der Waals surface area contributed by atoms with Gasteiger partial charge in [-0.1, -0.05) is 6.07 Å². The molecule has 2 aliphatic rings. The highest BCUT2D eigenvalue weighted by Gasteiger charge is 2.33. The van der Waals surface area contributed by atoms with Gasteiger partial charge in [-0.15, -0.1) is 0 Å². The van der Waals surface area contributed by atoms with Gasteiger partial charge in [0.2, 0.25) is 21.8 Å². The smallest absolute Gasteiger partial charge is 0.243 e. The zero-order valence-electron chi connectivity index (χ0n) is 17.2. The number of carbonyl (C=O) groups excluding carboxylic acids is 2. The molecule has 0 bridgehead atoms. The van der Waals surface area contributed by atoms with Crippen LogP contribution in [0.1, 0.15) is 36.8 Å². The highest BCUT2D eigenvalue weighted by atomic mass is 32.2. The highest BCUT2D eigenvalue weighted by Crippen LogP contribution is 2.29. The molecule has 2 amide bonds.